The van der Waals surface area contributed by atoms with E-state index in [1.54, 1.807) is 6.07 Å². The number of rotatable bonds is 5. The summed E-state index contributed by atoms with van der Waals surface area (Å²) in [6.07, 6.45) is 1.72. The zero-order valence-corrected chi connectivity index (χ0v) is 9.14. The van der Waals surface area contributed by atoms with E-state index in [0.29, 0.717) is 17.2 Å². The Morgan fingerprint density at radius 3 is 2.75 bits per heavy atom. The molecular formula is C10H14N2O4. The van der Waals surface area contributed by atoms with Gasteiger partial charge in [-0.05, 0) is 18.1 Å². The number of carbonyl (C=O) groups is 1. The molecule has 0 saturated heterocycles. The van der Waals surface area contributed by atoms with E-state index >= 15 is 0 Å². The molecule has 0 saturated carbocycles. The minimum Gasteiger partial charge on any atom is -0.491 e. The van der Waals surface area contributed by atoms with Crippen molar-refractivity contribution in [2.45, 2.75) is 12.5 Å². The number of ether oxygens (including phenoxy) is 2. The fraction of sp³-hybridized carbons (Fsp3) is 0.400. The zero-order valence-electron chi connectivity index (χ0n) is 9.14. The van der Waals surface area contributed by atoms with Crippen LogP contribution in [-0.4, -0.2) is 36.3 Å². The number of methoxy groups -OCH3 is 2. The van der Waals surface area contributed by atoms with Gasteiger partial charge in [-0.1, -0.05) is 0 Å². The quantitative estimate of drug-likeness (QED) is 0.736. The molecule has 0 spiro atoms. The number of hydrogen-bond acceptors (Lipinski definition) is 5. The Labute approximate surface area is 93.0 Å². The van der Waals surface area contributed by atoms with E-state index in [4.69, 9.17) is 20.3 Å². The van der Waals surface area contributed by atoms with Gasteiger partial charge in [0.05, 0.1) is 14.2 Å². The molecule has 0 fully saturated rings. The minimum absolute atomic E-state index is 0.197. The highest BCUT2D eigenvalue weighted by Crippen LogP contribution is 2.24. The fourth-order valence-corrected chi connectivity index (χ4v) is 1.22. The van der Waals surface area contributed by atoms with Gasteiger partial charge in [0.2, 0.25) is 0 Å². The smallest absolute Gasteiger partial charge is 0.320 e. The Hall–Kier alpha value is -1.82. The van der Waals surface area contributed by atoms with Gasteiger partial charge in [0, 0.05) is 6.20 Å². The summed E-state index contributed by atoms with van der Waals surface area (Å²) in [5.41, 5.74) is 6.10. The van der Waals surface area contributed by atoms with Gasteiger partial charge in [0.25, 0.3) is 5.88 Å². The number of nitrogens with zero attached hydrogens (tertiary/aromatic N) is 1. The van der Waals surface area contributed by atoms with Crippen LogP contribution >= 0.6 is 0 Å². The standard InChI is InChI=1S/C10H14N2O4/c1-15-8-4-6(3-7(11)10(13)14)5-12-9(8)16-2/h4-5,7H,3,11H2,1-2H3,(H,13,14)/t7-/m0/s1. The van der Waals surface area contributed by atoms with Crippen molar-refractivity contribution in [1.29, 1.82) is 0 Å². The van der Waals surface area contributed by atoms with Crippen molar-refractivity contribution in [2.24, 2.45) is 5.73 Å². The number of nitrogens with two attached hydrogens (primary N) is 1. The van der Waals surface area contributed by atoms with Crippen molar-refractivity contribution in [3.8, 4) is 11.6 Å². The van der Waals surface area contributed by atoms with Crippen molar-refractivity contribution in [1.82, 2.24) is 4.98 Å². The molecule has 0 radical (unpaired) electrons. The Morgan fingerprint density at radius 1 is 1.56 bits per heavy atom. The van der Waals surface area contributed by atoms with Crippen LogP contribution in [0.25, 0.3) is 0 Å². The second-order valence-electron chi connectivity index (χ2n) is 3.20. The number of aromatic nitrogens is 1. The van der Waals surface area contributed by atoms with Crippen LogP contribution in [0.1, 0.15) is 5.56 Å². The molecular weight excluding hydrogens is 212 g/mol. The molecule has 0 aliphatic rings. The molecule has 3 N–H and O–H groups in total. The zero-order chi connectivity index (χ0) is 12.1. The first-order valence-electron chi connectivity index (χ1n) is 4.63. The average Bonchev–Trinajstić information content (AvgIpc) is 2.28. The third kappa shape index (κ3) is 2.83. The van der Waals surface area contributed by atoms with E-state index in [0.717, 1.165) is 0 Å². The van der Waals surface area contributed by atoms with Crippen LogP contribution in [0.3, 0.4) is 0 Å². The van der Waals surface area contributed by atoms with Gasteiger partial charge in [-0.25, -0.2) is 4.98 Å². The van der Waals surface area contributed by atoms with Crippen molar-refractivity contribution >= 4 is 5.97 Å². The van der Waals surface area contributed by atoms with Gasteiger partial charge in [-0.15, -0.1) is 0 Å². The third-order valence-corrected chi connectivity index (χ3v) is 2.06. The van der Waals surface area contributed by atoms with E-state index in [1.807, 2.05) is 0 Å². The largest absolute Gasteiger partial charge is 0.491 e. The van der Waals surface area contributed by atoms with Crippen molar-refractivity contribution in [3.05, 3.63) is 17.8 Å². The molecule has 0 aliphatic carbocycles. The van der Waals surface area contributed by atoms with E-state index < -0.39 is 12.0 Å². The molecule has 6 heteroatoms. The topological polar surface area (TPSA) is 94.7 Å². The van der Waals surface area contributed by atoms with Crippen LogP contribution < -0.4 is 15.2 Å². The molecule has 0 bridgehead atoms. The van der Waals surface area contributed by atoms with Crippen molar-refractivity contribution in [2.75, 3.05) is 14.2 Å². The summed E-state index contributed by atoms with van der Waals surface area (Å²) in [6.45, 7) is 0. The molecule has 1 atom stereocenters. The predicted molar refractivity (Wildman–Crippen MR) is 56.7 cm³/mol. The first-order valence-corrected chi connectivity index (χ1v) is 4.63. The molecule has 0 unspecified atom stereocenters. The second kappa shape index (κ2) is 5.32. The highest BCUT2D eigenvalue weighted by Gasteiger charge is 2.14. The summed E-state index contributed by atoms with van der Waals surface area (Å²) in [5, 5.41) is 8.67. The molecule has 1 rings (SSSR count). The molecule has 16 heavy (non-hydrogen) atoms. The van der Waals surface area contributed by atoms with E-state index in [2.05, 4.69) is 4.98 Å². The Balaban J connectivity index is 2.86. The average molecular weight is 226 g/mol. The second-order valence-corrected chi connectivity index (χ2v) is 3.20. The molecule has 1 aromatic rings. The third-order valence-electron chi connectivity index (χ3n) is 2.06. The Bertz CT molecular complexity index is 381. The maximum atomic E-state index is 10.6. The van der Waals surface area contributed by atoms with E-state index in [-0.39, 0.29) is 6.42 Å². The van der Waals surface area contributed by atoms with Crippen molar-refractivity contribution in [3.63, 3.8) is 0 Å². The van der Waals surface area contributed by atoms with Crippen LogP contribution in [0.15, 0.2) is 12.3 Å². The lowest BCUT2D eigenvalue weighted by molar-refractivity contribution is -0.138. The van der Waals surface area contributed by atoms with Crippen LogP contribution in [0.4, 0.5) is 0 Å². The van der Waals surface area contributed by atoms with Gasteiger partial charge >= 0.3 is 5.97 Å². The van der Waals surface area contributed by atoms with Gasteiger partial charge in [-0.2, -0.15) is 0 Å². The van der Waals surface area contributed by atoms with E-state index in [9.17, 15) is 4.79 Å². The summed E-state index contributed by atoms with van der Waals surface area (Å²) in [6, 6.07) is 0.717. The summed E-state index contributed by atoms with van der Waals surface area (Å²) in [4.78, 5) is 14.6. The number of carboxylic acids is 1. The van der Waals surface area contributed by atoms with Crippen LogP contribution in [0.5, 0.6) is 11.6 Å². The maximum absolute atomic E-state index is 10.6. The number of carboxylic acid groups (broad SMARTS) is 1. The van der Waals surface area contributed by atoms with Gasteiger partial charge in [0.15, 0.2) is 5.75 Å². The minimum atomic E-state index is -1.05. The first-order chi connectivity index (χ1) is 7.58. The molecule has 1 aromatic heterocycles. The molecule has 0 aliphatic heterocycles. The predicted octanol–water partition coefficient (Wildman–Crippen LogP) is 0.0532. The maximum Gasteiger partial charge on any atom is 0.320 e. The summed E-state index contributed by atoms with van der Waals surface area (Å²) >= 11 is 0. The highest BCUT2D eigenvalue weighted by atomic mass is 16.5. The fourth-order valence-electron chi connectivity index (χ4n) is 1.22. The Morgan fingerprint density at radius 2 is 2.25 bits per heavy atom. The number of hydrogen-bond donors (Lipinski definition) is 2. The normalized spacial score (nSPS) is 11.9. The molecule has 0 amide bonds. The molecule has 88 valence electrons. The molecule has 6 nitrogen and oxygen atoms in total. The lowest BCUT2D eigenvalue weighted by atomic mass is 10.1. The van der Waals surface area contributed by atoms with Gasteiger partial charge < -0.3 is 20.3 Å². The van der Waals surface area contributed by atoms with Crippen LogP contribution in [0.2, 0.25) is 0 Å². The van der Waals surface area contributed by atoms with Crippen LogP contribution in [0, 0.1) is 0 Å². The number of pyridine rings is 1. The summed E-state index contributed by atoms with van der Waals surface area (Å²) < 4.78 is 10.0. The van der Waals surface area contributed by atoms with E-state index in [1.165, 1.54) is 20.4 Å². The summed E-state index contributed by atoms with van der Waals surface area (Å²) in [7, 11) is 2.97. The monoisotopic (exact) mass is 226 g/mol. The highest BCUT2D eigenvalue weighted by molar-refractivity contribution is 5.73. The SMILES string of the molecule is COc1cc(C[C@H](N)C(=O)O)cnc1OC. The first kappa shape index (κ1) is 12.3. The van der Waals surface area contributed by atoms with Gasteiger partial charge in [0.1, 0.15) is 6.04 Å². The molecule has 0 aromatic carbocycles. The molecule has 1 heterocycles. The summed E-state index contributed by atoms with van der Waals surface area (Å²) in [5.74, 6) is -0.234. The lowest BCUT2D eigenvalue weighted by Gasteiger charge is -2.10. The van der Waals surface area contributed by atoms with Crippen LogP contribution in [-0.2, 0) is 11.2 Å². The van der Waals surface area contributed by atoms with Gasteiger partial charge in [-0.3, -0.25) is 4.79 Å². The van der Waals surface area contributed by atoms with Crippen molar-refractivity contribution < 1.29 is 19.4 Å². The lowest BCUT2D eigenvalue weighted by Crippen LogP contribution is -2.32. The Kier molecular flexibility index (Phi) is 4.07. The number of aliphatic carboxylic acids is 1.